The minimum Gasteiger partial charge on any atom is -0.508 e. The van der Waals surface area contributed by atoms with Crippen LogP contribution in [0.5, 0.6) is 5.75 Å². The Morgan fingerprint density at radius 1 is 0.667 bits per heavy atom. The monoisotopic (exact) mass is 792 g/mol. The molecule has 0 atom stereocenters. The summed E-state index contributed by atoms with van der Waals surface area (Å²) in [6.45, 7) is 0.486. The normalized spacial score (nSPS) is 11.0. The Kier molecular flexibility index (Phi) is 9.72. The zero-order valence-corrected chi connectivity index (χ0v) is 27.7. The van der Waals surface area contributed by atoms with Gasteiger partial charge >= 0.3 is 0 Å². The van der Waals surface area contributed by atoms with E-state index in [-0.39, 0.29) is 52.8 Å². The SMILES string of the molecule is [Ir].[Y].[c-]1ccccc1-c1[c-]c2c([c-]c1)-c1nc3ccccc3cc1OC2.[c-]1ccccc1-c1cc2ccccc2cn1. The van der Waals surface area contributed by atoms with Crippen LogP contribution >= 0.6 is 0 Å². The summed E-state index contributed by atoms with van der Waals surface area (Å²) >= 11 is 0. The van der Waals surface area contributed by atoms with E-state index in [1.165, 1.54) is 10.8 Å². The number of nitrogens with zero attached hydrogens (tertiary/aromatic N) is 2. The smallest absolute Gasteiger partial charge is 0.0943 e. The van der Waals surface area contributed by atoms with E-state index in [0.29, 0.717) is 6.61 Å². The van der Waals surface area contributed by atoms with Crippen LogP contribution in [0.1, 0.15) is 5.56 Å². The first kappa shape index (κ1) is 29.9. The fourth-order valence-electron chi connectivity index (χ4n) is 4.84. The third-order valence-electron chi connectivity index (χ3n) is 6.86. The van der Waals surface area contributed by atoms with Gasteiger partial charge in [-0.2, -0.15) is 35.4 Å². The summed E-state index contributed by atoms with van der Waals surface area (Å²) in [5.41, 5.74) is 7.75. The number of ether oxygens (including phenoxy) is 1. The molecule has 5 aromatic carbocycles. The predicted molar refractivity (Wildman–Crippen MR) is 159 cm³/mol. The number of hydrogen-bond donors (Lipinski definition) is 0. The van der Waals surface area contributed by atoms with E-state index in [1.807, 2.05) is 103 Å². The number of hydrogen-bond acceptors (Lipinski definition) is 3. The maximum Gasteiger partial charge on any atom is 0.0943 e. The Bertz CT molecular complexity index is 1960. The van der Waals surface area contributed by atoms with Gasteiger partial charge in [0, 0.05) is 64.4 Å². The van der Waals surface area contributed by atoms with Crippen molar-refractivity contribution in [2.24, 2.45) is 0 Å². The molecule has 202 valence electrons. The van der Waals surface area contributed by atoms with Gasteiger partial charge < -0.3 is 14.7 Å². The zero-order valence-electron chi connectivity index (χ0n) is 22.5. The second kappa shape index (κ2) is 13.6. The molecule has 3 heterocycles. The molecule has 7 aromatic rings. The summed E-state index contributed by atoms with van der Waals surface area (Å²) in [4.78, 5) is 9.22. The summed E-state index contributed by atoms with van der Waals surface area (Å²) < 4.78 is 5.92. The average Bonchev–Trinajstić information content (AvgIpc) is 3.04. The molecule has 0 spiro atoms. The number of fused-ring (bicyclic) bond motifs is 5. The van der Waals surface area contributed by atoms with Gasteiger partial charge in [-0.25, -0.2) is 29.3 Å². The predicted octanol–water partition coefficient (Wildman–Crippen LogP) is 8.56. The molecule has 0 aliphatic carbocycles. The molecule has 2 aromatic heterocycles. The van der Waals surface area contributed by atoms with Crippen LogP contribution in [0.4, 0.5) is 0 Å². The van der Waals surface area contributed by atoms with Crippen molar-refractivity contribution in [2.75, 3.05) is 0 Å². The van der Waals surface area contributed by atoms with Crippen LogP contribution in [-0.4, -0.2) is 9.97 Å². The van der Waals surface area contributed by atoms with Crippen molar-refractivity contribution in [3.8, 4) is 39.4 Å². The van der Waals surface area contributed by atoms with E-state index in [2.05, 4.69) is 47.4 Å². The Labute approximate surface area is 284 Å². The largest absolute Gasteiger partial charge is 0.508 e. The molecular formula is C37H22IrN2OY-4. The standard InChI is InChI=1S/C22H12NO.C15H10N.Ir.Y/c1-2-6-15(7-3-1)16-10-11-19-18(12-16)14-24-21-13-17-8-4-5-9-20(17)23-22(19)21;1-2-6-12(7-3-1)15-10-13-8-4-5-9-14(13)11-16-15;;/h1-6,8-10,13H,14H2;1-6,8-11H;;/q-3;-1;;. The number of benzene rings is 5. The molecule has 0 fully saturated rings. The Morgan fingerprint density at radius 2 is 1.36 bits per heavy atom. The first-order valence-corrected chi connectivity index (χ1v) is 13.1. The van der Waals surface area contributed by atoms with Gasteiger partial charge in [0.15, 0.2) is 0 Å². The molecule has 0 bridgehead atoms. The molecule has 0 unspecified atom stereocenters. The van der Waals surface area contributed by atoms with Crippen LogP contribution in [0.15, 0.2) is 121 Å². The summed E-state index contributed by atoms with van der Waals surface area (Å²) in [6, 6.07) is 51.4. The molecule has 0 saturated heterocycles. The fraction of sp³-hybridized carbons (Fsp3) is 0.0270. The molecule has 0 N–H and O–H groups in total. The summed E-state index contributed by atoms with van der Waals surface area (Å²) in [6.07, 6.45) is 1.91. The molecule has 1 aliphatic heterocycles. The van der Waals surface area contributed by atoms with Crippen LogP contribution < -0.4 is 4.74 Å². The second-order valence-corrected chi connectivity index (χ2v) is 9.47. The molecule has 2 radical (unpaired) electrons. The third kappa shape index (κ3) is 6.28. The van der Waals surface area contributed by atoms with Crippen LogP contribution in [0.3, 0.4) is 0 Å². The van der Waals surface area contributed by atoms with Gasteiger partial charge in [-0.1, -0.05) is 48.5 Å². The topological polar surface area (TPSA) is 35.0 Å². The van der Waals surface area contributed by atoms with Gasteiger partial charge in [0.2, 0.25) is 0 Å². The minimum atomic E-state index is 0. The van der Waals surface area contributed by atoms with Crippen LogP contribution in [0.25, 0.3) is 55.3 Å². The Balaban J connectivity index is 0.000000172. The van der Waals surface area contributed by atoms with Crippen molar-refractivity contribution in [3.05, 3.63) is 151 Å². The maximum absolute atomic E-state index is 5.92. The van der Waals surface area contributed by atoms with Gasteiger partial charge in [0.25, 0.3) is 0 Å². The molecule has 0 saturated carbocycles. The van der Waals surface area contributed by atoms with Crippen molar-refractivity contribution in [3.63, 3.8) is 0 Å². The number of rotatable bonds is 2. The number of aromatic nitrogens is 2. The number of para-hydroxylation sites is 1. The Hall–Kier alpha value is -3.53. The maximum atomic E-state index is 5.92. The van der Waals surface area contributed by atoms with Crippen molar-refractivity contribution < 1.29 is 57.6 Å². The van der Waals surface area contributed by atoms with Gasteiger partial charge in [0.05, 0.1) is 17.9 Å². The van der Waals surface area contributed by atoms with Crippen LogP contribution in [-0.2, 0) is 59.4 Å². The molecule has 8 rings (SSSR count). The summed E-state index contributed by atoms with van der Waals surface area (Å²) in [5.74, 6) is 0.810. The third-order valence-corrected chi connectivity index (χ3v) is 6.86. The van der Waals surface area contributed by atoms with Crippen molar-refractivity contribution in [1.29, 1.82) is 0 Å². The molecule has 1 aliphatic rings. The van der Waals surface area contributed by atoms with E-state index in [0.717, 1.165) is 55.9 Å². The van der Waals surface area contributed by atoms with Crippen molar-refractivity contribution in [2.45, 2.75) is 6.61 Å². The molecule has 0 amide bonds. The van der Waals surface area contributed by atoms with E-state index in [4.69, 9.17) is 9.72 Å². The van der Waals surface area contributed by atoms with Crippen molar-refractivity contribution >= 4 is 21.7 Å². The van der Waals surface area contributed by atoms with Gasteiger partial charge in [0.1, 0.15) is 0 Å². The van der Waals surface area contributed by atoms with E-state index >= 15 is 0 Å². The molecular weight excluding hydrogens is 770 g/mol. The number of pyridine rings is 2. The van der Waals surface area contributed by atoms with E-state index in [9.17, 15) is 0 Å². The molecule has 5 heteroatoms. The van der Waals surface area contributed by atoms with E-state index in [1.54, 1.807) is 0 Å². The van der Waals surface area contributed by atoms with Gasteiger partial charge in [-0.3, -0.25) is 0 Å². The molecule has 3 nitrogen and oxygen atoms in total. The minimum absolute atomic E-state index is 0. The molecule has 42 heavy (non-hydrogen) atoms. The van der Waals surface area contributed by atoms with Crippen LogP contribution in [0, 0.1) is 24.3 Å². The van der Waals surface area contributed by atoms with Crippen LogP contribution in [0.2, 0.25) is 0 Å². The second-order valence-electron chi connectivity index (χ2n) is 9.47. The average molecular weight is 792 g/mol. The Morgan fingerprint density at radius 3 is 2.12 bits per heavy atom. The first-order valence-electron chi connectivity index (χ1n) is 13.1. The summed E-state index contributed by atoms with van der Waals surface area (Å²) in [7, 11) is 0. The summed E-state index contributed by atoms with van der Waals surface area (Å²) in [5, 5.41) is 3.46. The quantitative estimate of drug-likeness (QED) is 0.165. The fourth-order valence-corrected chi connectivity index (χ4v) is 4.84. The van der Waals surface area contributed by atoms with E-state index < -0.39 is 0 Å². The van der Waals surface area contributed by atoms with Crippen molar-refractivity contribution in [1.82, 2.24) is 9.97 Å². The zero-order chi connectivity index (χ0) is 26.7. The van der Waals surface area contributed by atoms with Gasteiger partial charge in [-0.15, -0.1) is 42.0 Å². The van der Waals surface area contributed by atoms with Gasteiger partial charge in [-0.05, 0) is 34.3 Å². The first-order chi connectivity index (χ1) is 19.8.